The van der Waals surface area contributed by atoms with Crippen molar-refractivity contribution in [2.45, 2.75) is 76.5 Å². The molecular weight excluding hydrogens is 482 g/mol. The second-order valence-electron chi connectivity index (χ2n) is 9.20. The normalized spacial score (nSPS) is 14.2. The summed E-state index contributed by atoms with van der Waals surface area (Å²) in [4.78, 5) is 61.5. The lowest BCUT2D eigenvalue weighted by Gasteiger charge is -2.25. The molecule has 0 aliphatic carbocycles. The fourth-order valence-electron chi connectivity index (χ4n) is 3.46. The molecule has 0 spiro atoms. The summed E-state index contributed by atoms with van der Waals surface area (Å²) >= 11 is 0. The van der Waals surface area contributed by atoms with Gasteiger partial charge in [-0.2, -0.15) is 0 Å². The molecule has 37 heavy (non-hydrogen) atoms. The Hall–Kier alpha value is -3.51. The molecule has 0 aliphatic rings. The fourth-order valence-corrected chi connectivity index (χ4v) is 3.46. The minimum absolute atomic E-state index is 0.0906. The first-order chi connectivity index (χ1) is 17.5. The van der Waals surface area contributed by atoms with E-state index in [1.54, 1.807) is 44.2 Å². The van der Waals surface area contributed by atoms with Crippen LogP contribution in [0.1, 0.15) is 51.5 Å². The van der Waals surface area contributed by atoms with E-state index in [1.807, 2.05) is 0 Å². The summed E-state index contributed by atoms with van der Waals surface area (Å²) in [6, 6.07) is 4.31. The minimum Gasteiger partial charge on any atom is -0.481 e. The first-order valence-electron chi connectivity index (χ1n) is 12.3. The van der Waals surface area contributed by atoms with Crippen LogP contribution in [0.4, 0.5) is 0 Å². The number of rotatable bonds is 17. The first kappa shape index (κ1) is 31.5. The number of nitrogens with one attached hydrogen (secondary N) is 3. The van der Waals surface area contributed by atoms with Crippen LogP contribution in [-0.2, 0) is 30.4 Å². The highest BCUT2D eigenvalue weighted by Gasteiger charge is 2.31. The highest BCUT2D eigenvalue weighted by molar-refractivity contribution is 5.94. The number of carbonyl (C=O) groups excluding carboxylic acids is 3. The van der Waals surface area contributed by atoms with Crippen molar-refractivity contribution in [2.24, 2.45) is 17.4 Å². The molecular formula is C25H39N5O7. The number of unbranched alkanes of at least 4 members (excludes halogenated alkanes) is 1. The Balaban J connectivity index is 3.10. The Bertz CT molecular complexity index is 910. The van der Waals surface area contributed by atoms with E-state index >= 15 is 0 Å². The molecule has 4 atom stereocenters. The summed E-state index contributed by atoms with van der Waals surface area (Å²) < 4.78 is 0. The van der Waals surface area contributed by atoms with E-state index in [9.17, 15) is 29.1 Å². The minimum atomic E-state index is -1.34. The lowest BCUT2D eigenvalue weighted by molar-refractivity contribution is -0.143. The number of benzene rings is 1. The third-order valence-electron chi connectivity index (χ3n) is 5.78. The van der Waals surface area contributed by atoms with Gasteiger partial charge in [-0.05, 0) is 43.7 Å². The molecule has 1 aromatic carbocycles. The van der Waals surface area contributed by atoms with Gasteiger partial charge in [0.1, 0.15) is 18.1 Å². The summed E-state index contributed by atoms with van der Waals surface area (Å²) in [7, 11) is 0. The molecule has 1 rings (SSSR count). The van der Waals surface area contributed by atoms with Crippen molar-refractivity contribution in [2.75, 3.05) is 6.54 Å². The molecule has 9 N–H and O–H groups in total. The van der Waals surface area contributed by atoms with Gasteiger partial charge in [0, 0.05) is 12.8 Å². The van der Waals surface area contributed by atoms with Gasteiger partial charge in [-0.1, -0.05) is 44.2 Å². The van der Waals surface area contributed by atoms with E-state index in [0.29, 0.717) is 19.4 Å². The third-order valence-corrected chi connectivity index (χ3v) is 5.78. The number of amides is 3. The molecule has 0 radical (unpaired) electrons. The van der Waals surface area contributed by atoms with Crippen LogP contribution in [0.15, 0.2) is 30.3 Å². The van der Waals surface area contributed by atoms with E-state index in [0.717, 1.165) is 5.56 Å². The van der Waals surface area contributed by atoms with Crippen LogP contribution in [-0.4, -0.2) is 70.6 Å². The lowest BCUT2D eigenvalue weighted by atomic mass is 10.0. The Morgan fingerprint density at radius 1 is 0.811 bits per heavy atom. The van der Waals surface area contributed by atoms with Crippen molar-refractivity contribution in [3.8, 4) is 0 Å². The second-order valence-corrected chi connectivity index (χ2v) is 9.20. The second kappa shape index (κ2) is 16.3. The van der Waals surface area contributed by atoms with Crippen LogP contribution in [0.25, 0.3) is 0 Å². The molecule has 0 aliphatic heterocycles. The topological polar surface area (TPSA) is 214 Å². The summed E-state index contributed by atoms with van der Waals surface area (Å²) in [6.45, 7) is 3.89. The van der Waals surface area contributed by atoms with Gasteiger partial charge in [-0.25, -0.2) is 4.79 Å². The molecule has 3 amide bonds. The lowest BCUT2D eigenvalue weighted by Crippen LogP contribution is -2.58. The SMILES string of the molecule is CC(C)C(N)C(=O)NC(Cc1ccccc1)C(=O)NC(CCC(=O)O)C(=O)NC(CCCCN)C(=O)O. The number of carboxylic acids is 2. The largest absolute Gasteiger partial charge is 0.481 e. The molecule has 1 aromatic rings. The monoisotopic (exact) mass is 521 g/mol. The van der Waals surface area contributed by atoms with Crippen molar-refractivity contribution in [3.63, 3.8) is 0 Å². The molecule has 0 fully saturated rings. The van der Waals surface area contributed by atoms with E-state index in [1.165, 1.54) is 0 Å². The van der Waals surface area contributed by atoms with Gasteiger partial charge in [0.15, 0.2) is 0 Å². The smallest absolute Gasteiger partial charge is 0.326 e. The zero-order chi connectivity index (χ0) is 28.0. The molecule has 0 bridgehead atoms. The summed E-state index contributed by atoms with van der Waals surface area (Å²) in [5.74, 6) is -4.76. The van der Waals surface area contributed by atoms with E-state index in [4.69, 9.17) is 16.6 Å². The third kappa shape index (κ3) is 11.8. The van der Waals surface area contributed by atoms with Gasteiger partial charge in [0.2, 0.25) is 17.7 Å². The van der Waals surface area contributed by atoms with E-state index in [-0.39, 0.29) is 25.2 Å². The van der Waals surface area contributed by atoms with E-state index in [2.05, 4.69) is 16.0 Å². The van der Waals surface area contributed by atoms with Crippen LogP contribution in [0.5, 0.6) is 0 Å². The maximum Gasteiger partial charge on any atom is 0.326 e. The predicted molar refractivity (Wildman–Crippen MR) is 136 cm³/mol. The maximum atomic E-state index is 13.2. The van der Waals surface area contributed by atoms with Crippen LogP contribution in [0.2, 0.25) is 0 Å². The van der Waals surface area contributed by atoms with E-state index < -0.39 is 60.2 Å². The number of aliphatic carboxylic acids is 2. The van der Waals surface area contributed by atoms with Gasteiger partial charge in [0.05, 0.1) is 6.04 Å². The van der Waals surface area contributed by atoms with Gasteiger partial charge in [-0.3, -0.25) is 19.2 Å². The number of hydrogen-bond acceptors (Lipinski definition) is 7. The summed E-state index contributed by atoms with van der Waals surface area (Å²) in [5.41, 5.74) is 12.1. The van der Waals surface area contributed by atoms with Crippen molar-refractivity contribution in [1.82, 2.24) is 16.0 Å². The molecule has 0 heterocycles. The Labute approximate surface area is 216 Å². The molecule has 4 unspecified atom stereocenters. The maximum absolute atomic E-state index is 13.2. The summed E-state index contributed by atoms with van der Waals surface area (Å²) in [5, 5.41) is 26.1. The highest BCUT2D eigenvalue weighted by Crippen LogP contribution is 2.08. The number of hydrogen-bond donors (Lipinski definition) is 7. The molecule has 12 nitrogen and oxygen atoms in total. The van der Waals surface area contributed by atoms with Crippen molar-refractivity contribution < 1.29 is 34.2 Å². The van der Waals surface area contributed by atoms with Gasteiger partial charge >= 0.3 is 11.9 Å². The standard InChI is InChI=1S/C25H39N5O7/c1-15(2)21(27)24(35)30-19(14-16-8-4-3-5-9-16)23(34)28-17(11-12-20(31)32)22(33)29-18(25(36)37)10-6-7-13-26/h3-5,8-9,15,17-19,21H,6-7,10-14,26-27H2,1-2H3,(H,28,34)(H,29,33)(H,30,35)(H,31,32)(H,36,37). The van der Waals surface area contributed by atoms with Gasteiger partial charge in [0.25, 0.3) is 0 Å². The van der Waals surface area contributed by atoms with Gasteiger partial charge in [-0.15, -0.1) is 0 Å². The van der Waals surface area contributed by atoms with Crippen molar-refractivity contribution in [1.29, 1.82) is 0 Å². The molecule has 0 saturated carbocycles. The Kier molecular flexibility index (Phi) is 13.9. The van der Waals surface area contributed by atoms with Crippen LogP contribution in [0.3, 0.4) is 0 Å². The molecule has 206 valence electrons. The predicted octanol–water partition coefficient (Wildman–Crippen LogP) is -0.255. The zero-order valence-electron chi connectivity index (χ0n) is 21.3. The highest BCUT2D eigenvalue weighted by atomic mass is 16.4. The number of carbonyl (C=O) groups is 5. The van der Waals surface area contributed by atoms with Crippen LogP contribution < -0.4 is 27.4 Å². The van der Waals surface area contributed by atoms with Crippen LogP contribution in [0, 0.1) is 5.92 Å². The summed E-state index contributed by atoms with van der Waals surface area (Å²) in [6.07, 6.45) is 0.515. The zero-order valence-corrected chi connectivity index (χ0v) is 21.3. The fraction of sp³-hybridized carbons (Fsp3) is 0.560. The Morgan fingerprint density at radius 2 is 1.38 bits per heavy atom. The van der Waals surface area contributed by atoms with Crippen molar-refractivity contribution in [3.05, 3.63) is 35.9 Å². The van der Waals surface area contributed by atoms with Crippen molar-refractivity contribution >= 4 is 29.7 Å². The average molecular weight is 522 g/mol. The molecule has 0 saturated heterocycles. The molecule has 0 aromatic heterocycles. The quantitative estimate of drug-likeness (QED) is 0.134. The first-order valence-corrected chi connectivity index (χ1v) is 12.3. The number of nitrogens with two attached hydrogens (primary N) is 2. The van der Waals surface area contributed by atoms with Gasteiger partial charge < -0.3 is 37.6 Å². The molecule has 12 heteroatoms. The number of carboxylic acid groups (broad SMARTS) is 2. The van der Waals surface area contributed by atoms with Crippen LogP contribution >= 0.6 is 0 Å². The average Bonchev–Trinajstić information content (AvgIpc) is 2.85. The Morgan fingerprint density at radius 3 is 1.92 bits per heavy atom.